The van der Waals surface area contributed by atoms with Gasteiger partial charge in [0, 0.05) is 88.7 Å². The number of imide groups is 1. The van der Waals surface area contributed by atoms with Gasteiger partial charge in [-0.3, -0.25) is 33.8 Å². The quantitative estimate of drug-likeness (QED) is 0.161. The van der Waals surface area contributed by atoms with Crippen molar-refractivity contribution in [2.45, 2.75) is 50.7 Å². The van der Waals surface area contributed by atoms with Gasteiger partial charge >= 0.3 is 0 Å². The molecule has 0 saturated carbocycles. The van der Waals surface area contributed by atoms with E-state index < -0.39 is 22.0 Å². The third-order valence-corrected chi connectivity index (χ3v) is 14.1. The smallest absolute Gasteiger partial charge is 0.255 e. The molecule has 1 aromatic heterocycles. The molecule has 3 amide bonds. The monoisotopic (exact) mass is 898 g/mol. The van der Waals surface area contributed by atoms with E-state index in [0.717, 1.165) is 75.5 Å². The Balaban J connectivity index is 0.735. The van der Waals surface area contributed by atoms with Crippen LogP contribution in [0.2, 0.25) is 5.02 Å². The number of para-hydroxylation sites is 1. The van der Waals surface area contributed by atoms with Crippen molar-refractivity contribution in [2.24, 2.45) is 0 Å². The third-order valence-electron chi connectivity index (χ3n) is 12.7. The first kappa shape index (κ1) is 42.6. The van der Waals surface area contributed by atoms with Gasteiger partial charge in [-0.1, -0.05) is 23.7 Å². The number of rotatable bonds is 13. The molecule has 17 nitrogen and oxygen atoms in total. The van der Waals surface area contributed by atoms with Crippen molar-refractivity contribution >= 4 is 73.9 Å². The number of amides is 3. The number of benzene rings is 3. The Morgan fingerprint density at radius 3 is 2.46 bits per heavy atom. The molecule has 6 heterocycles. The number of halogens is 1. The van der Waals surface area contributed by atoms with Crippen LogP contribution in [0, 0.1) is 0 Å². The highest BCUT2D eigenvalue weighted by Gasteiger charge is 2.39. The maximum absolute atomic E-state index is 13.0. The van der Waals surface area contributed by atoms with Crippen molar-refractivity contribution in [3.8, 4) is 11.5 Å². The number of hydrogen-bond acceptors (Lipinski definition) is 14. The number of piperidine rings is 2. The average molecular weight is 899 g/mol. The van der Waals surface area contributed by atoms with Gasteiger partial charge in [0.25, 0.3) is 5.91 Å². The summed E-state index contributed by atoms with van der Waals surface area (Å²) in [5.74, 6) is 1.10. The molecule has 0 spiro atoms. The van der Waals surface area contributed by atoms with E-state index in [0.29, 0.717) is 84.5 Å². The van der Waals surface area contributed by atoms with Crippen LogP contribution in [0.5, 0.6) is 11.5 Å². The summed E-state index contributed by atoms with van der Waals surface area (Å²) >= 11 is 6.53. The summed E-state index contributed by atoms with van der Waals surface area (Å²) in [7, 11) is -1.83. The van der Waals surface area contributed by atoms with Crippen LogP contribution >= 0.6 is 11.6 Å². The van der Waals surface area contributed by atoms with Crippen molar-refractivity contribution in [3.05, 3.63) is 82.5 Å². The van der Waals surface area contributed by atoms with Crippen LogP contribution in [0.15, 0.2) is 60.8 Å². The fraction of sp³-hybridized carbons (Fsp3) is 0.432. The molecule has 332 valence electrons. The van der Waals surface area contributed by atoms with Crippen LogP contribution in [0.3, 0.4) is 0 Å². The van der Waals surface area contributed by atoms with Gasteiger partial charge in [-0.25, -0.2) is 13.4 Å². The molecule has 0 radical (unpaired) electrons. The Morgan fingerprint density at radius 2 is 1.70 bits per heavy atom. The molecule has 3 fully saturated rings. The minimum atomic E-state index is -3.46. The fourth-order valence-electron chi connectivity index (χ4n) is 9.37. The van der Waals surface area contributed by atoms with Gasteiger partial charge in [-0.2, -0.15) is 4.98 Å². The van der Waals surface area contributed by atoms with Gasteiger partial charge in [0.1, 0.15) is 29.2 Å². The van der Waals surface area contributed by atoms with Crippen molar-refractivity contribution < 1.29 is 32.3 Å². The first-order valence-electron chi connectivity index (χ1n) is 21.4. The first-order chi connectivity index (χ1) is 30.4. The van der Waals surface area contributed by atoms with Crippen LogP contribution in [0.4, 0.5) is 34.5 Å². The zero-order valence-electron chi connectivity index (χ0n) is 35.3. The number of anilines is 6. The lowest BCUT2D eigenvalue weighted by Gasteiger charge is -2.43. The standard InChI is InChI=1S/C44H51ClN10O7S/c1-61-38-25-31(6-9-35(38)48-44-46-26-34(45)41(50-44)47-36-5-3-4-28-12-17-55(40(28)36)63(2,59)60)52-15-13-30(14-16-52)53-20-18-51(19-21-53)22-23-62-32-7-8-33-29(24-32)27-54(43(33)58)37-10-11-39(56)49-42(37)57/h3-9,24-26,30,37H,10-23,27H2,1-2H3,(H,49,56,57)(H2,46,47,48,50). The Morgan fingerprint density at radius 1 is 0.889 bits per heavy atom. The summed E-state index contributed by atoms with van der Waals surface area (Å²) in [5.41, 5.74) is 5.31. The number of carbonyl (C=O) groups excluding carboxylic acids is 3. The number of nitrogens with one attached hydrogen (secondary N) is 3. The summed E-state index contributed by atoms with van der Waals surface area (Å²) in [6.45, 7) is 7.87. The molecule has 1 unspecified atom stereocenters. The summed E-state index contributed by atoms with van der Waals surface area (Å²) in [4.78, 5) is 55.1. The Labute approximate surface area is 371 Å². The molecule has 9 rings (SSSR count). The summed E-state index contributed by atoms with van der Waals surface area (Å²) in [6.07, 6.45) is 6.02. The lowest BCUT2D eigenvalue weighted by molar-refractivity contribution is -0.136. The fourth-order valence-corrected chi connectivity index (χ4v) is 10.5. The van der Waals surface area contributed by atoms with E-state index in [1.54, 1.807) is 18.1 Å². The Bertz CT molecular complexity index is 2530. The van der Waals surface area contributed by atoms with Gasteiger partial charge in [0.15, 0.2) is 5.82 Å². The van der Waals surface area contributed by atoms with Gasteiger partial charge < -0.3 is 29.9 Å². The lowest BCUT2D eigenvalue weighted by atomic mass is 10.0. The number of methoxy groups -OCH3 is 1. The molecule has 19 heteroatoms. The van der Waals surface area contributed by atoms with E-state index >= 15 is 0 Å². The third kappa shape index (κ3) is 9.07. The number of nitrogens with zero attached hydrogens (tertiary/aromatic N) is 7. The van der Waals surface area contributed by atoms with E-state index in [4.69, 9.17) is 21.1 Å². The molecule has 1 atom stereocenters. The highest BCUT2D eigenvalue weighted by atomic mass is 35.5. The average Bonchev–Trinajstić information content (AvgIpc) is 3.87. The van der Waals surface area contributed by atoms with Gasteiger partial charge in [0.05, 0.1) is 36.6 Å². The van der Waals surface area contributed by atoms with E-state index in [1.165, 1.54) is 16.8 Å². The minimum absolute atomic E-state index is 0.186. The summed E-state index contributed by atoms with van der Waals surface area (Å²) in [5, 5.41) is 9.15. The number of piperazine rings is 1. The zero-order chi connectivity index (χ0) is 43.8. The van der Waals surface area contributed by atoms with Crippen LogP contribution in [0.1, 0.15) is 47.2 Å². The van der Waals surface area contributed by atoms with E-state index in [2.05, 4.69) is 46.7 Å². The predicted molar refractivity (Wildman–Crippen MR) is 240 cm³/mol. The molecular formula is C44H51ClN10O7S. The molecule has 63 heavy (non-hydrogen) atoms. The van der Waals surface area contributed by atoms with Crippen molar-refractivity contribution in [1.82, 2.24) is 30.0 Å². The van der Waals surface area contributed by atoms with Crippen molar-refractivity contribution in [2.75, 3.05) is 92.2 Å². The SMILES string of the molecule is COc1cc(N2CCC(N3CCN(CCOc4ccc5c(c4)CN(C4CCC(=O)NC4=O)C5=O)CC3)CC2)ccc1Nc1ncc(Cl)c(Nc2cccc3c2N(S(C)(=O)=O)CC3)n1. The normalized spacial score (nSPS) is 19.8. The molecule has 3 N–H and O–H groups in total. The second-order valence-corrected chi connectivity index (χ2v) is 18.9. The number of carbonyl (C=O) groups is 3. The highest BCUT2D eigenvalue weighted by Crippen LogP contribution is 2.40. The molecule has 5 aliphatic rings. The van der Waals surface area contributed by atoms with Crippen LogP contribution in [-0.2, 0) is 32.6 Å². The highest BCUT2D eigenvalue weighted by molar-refractivity contribution is 7.92. The molecule has 3 aromatic carbocycles. The van der Waals surface area contributed by atoms with Gasteiger partial charge in [-0.15, -0.1) is 0 Å². The van der Waals surface area contributed by atoms with Gasteiger partial charge in [0.2, 0.25) is 27.8 Å². The molecule has 0 aliphatic carbocycles. The van der Waals surface area contributed by atoms with E-state index in [-0.39, 0.29) is 23.3 Å². The predicted octanol–water partition coefficient (Wildman–Crippen LogP) is 4.37. The largest absolute Gasteiger partial charge is 0.494 e. The maximum atomic E-state index is 13.0. The van der Waals surface area contributed by atoms with Crippen LogP contribution in [-0.4, -0.2) is 135 Å². The number of aromatic nitrogens is 2. The van der Waals surface area contributed by atoms with E-state index in [1.807, 2.05) is 42.5 Å². The minimum Gasteiger partial charge on any atom is -0.494 e. The molecule has 5 aliphatic heterocycles. The van der Waals surface area contributed by atoms with Crippen molar-refractivity contribution in [1.29, 1.82) is 0 Å². The molecule has 3 saturated heterocycles. The Kier molecular flexibility index (Phi) is 12.1. The van der Waals surface area contributed by atoms with E-state index in [9.17, 15) is 22.8 Å². The number of hydrogen-bond donors (Lipinski definition) is 3. The molecule has 4 aromatic rings. The van der Waals surface area contributed by atoms with Crippen LogP contribution in [0.25, 0.3) is 0 Å². The van der Waals surface area contributed by atoms with Gasteiger partial charge in [-0.05, 0) is 73.2 Å². The lowest BCUT2D eigenvalue weighted by Crippen LogP contribution is -2.53. The zero-order valence-corrected chi connectivity index (χ0v) is 36.9. The molecular weight excluding hydrogens is 848 g/mol. The van der Waals surface area contributed by atoms with Crippen molar-refractivity contribution in [3.63, 3.8) is 0 Å². The maximum Gasteiger partial charge on any atom is 0.255 e. The Hall–Kier alpha value is -5.69. The second kappa shape index (κ2) is 17.8. The number of fused-ring (bicyclic) bond motifs is 2. The summed E-state index contributed by atoms with van der Waals surface area (Å²) < 4.78 is 38.4. The first-order valence-corrected chi connectivity index (χ1v) is 23.6. The molecule has 0 bridgehead atoms. The van der Waals surface area contributed by atoms with Crippen LogP contribution < -0.4 is 34.6 Å². The number of sulfonamides is 1. The number of ether oxygens (including phenoxy) is 2. The summed E-state index contributed by atoms with van der Waals surface area (Å²) in [6, 6.07) is 17.1. The topological polar surface area (TPSA) is 182 Å². The second-order valence-electron chi connectivity index (χ2n) is 16.6.